The molecule has 20 heavy (non-hydrogen) atoms. The Morgan fingerprint density at radius 3 is 2.80 bits per heavy atom. The topological polar surface area (TPSA) is 55.6 Å². The first-order valence-corrected chi connectivity index (χ1v) is 6.86. The van der Waals surface area contributed by atoms with Crippen molar-refractivity contribution in [1.82, 2.24) is 19.7 Å². The minimum atomic E-state index is 0.837. The van der Waals surface area contributed by atoms with Crippen molar-refractivity contribution in [3.05, 3.63) is 42.4 Å². The highest BCUT2D eigenvalue weighted by atomic mass is 15.3. The third kappa shape index (κ3) is 2.01. The predicted octanol–water partition coefficient (Wildman–Crippen LogP) is 2.81. The molecule has 3 aromatic rings. The lowest BCUT2D eigenvalue weighted by Crippen LogP contribution is -2.10. The van der Waals surface area contributed by atoms with Gasteiger partial charge in [0.2, 0.25) is 0 Å². The van der Waals surface area contributed by atoms with Crippen LogP contribution in [0.3, 0.4) is 0 Å². The molecule has 2 aromatic heterocycles. The van der Waals surface area contributed by atoms with Gasteiger partial charge in [-0.25, -0.2) is 14.6 Å². The van der Waals surface area contributed by atoms with Crippen LogP contribution >= 0.6 is 0 Å². The van der Waals surface area contributed by atoms with E-state index in [4.69, 9.17) is 0 Å². The van der Waals surface area contributed by atoms with E-state index in [-0.39, 0.29) is 0 Å². The number of para-hydroxylation sites is 1. The van der Waals surface area contributed by atoms with Gasteiger partial charge in [0.25, 0.3) is 0 Å². The number of nitrogens with zero attached hydrogens (tertiary/aromatic N) is 4. The van der Waals surface area contributed by atoms with Crippen LogP contribution in [0.2, 0.25) is 0 Å². The second-order valence-corrected chi connectivity index (χ2v) is 4.52. The summed E-state index contributed by atoms with van der Waals surface area (Å²) in [6, 6.07) is 8.13. The number of anilines is 1. The Balaban J connectivity index is 2.21. The number of fused-ring (bicyclic) bond motifs is 1. The van der Waals surface area contributed by atoms with Gasteiger partial charge in [0.15, 0.2) is 5.82 Å². The van der Waals surface area contributed by atoms with Crippen molar-refractivity contribution in [2.75, 3.05) is 11.9 Å². The summed E-state index contributed by atoms with van der Waals surface area (Å²) in [5.74, 6) is 1.74. The van der Waals surface area contributed by atoms with Crippen molar-refractivity contribution < 1.29 is 0 Å². The smallest absolute Gasteiger partial charge is 0.162 e. The standard InChI is InChI=1S/C15H17N5/c1-3-12-14(16-4-2)17-10-18-15(12)20-13-8-6-5-7-11(13)9-19-20/h5-10H,3-4H2,1-2H3,(H,16,17,18). The molecule has 0 unspecified atom stereocenters. The minimum Gasteiger partial charge on any atom is -0.370 e. The van der Waals surface area contributed by atoms with Gasteiger partial charge in [0.05, 0.1) is 11.7 Å². The highest BCUT2D eigenvalue weighted by molar-refractivity contribution is 5.80. The summed E-state index contributed by atoms with van der Waals surface area (Å²) < 4.78 is 1.89. The summed E-state index contributed by atoms with van der Waals surface area (Å²) in [7, 11) is 0. The molecule has 0 aliphatic carbocycles. The Hall–Kier alpha value is -2.43. The van der Waals surface area contributed by atoms with Crippen LogP contribution in [0.4, 0.5) is 5.82 Å². The van der Waals surface area contributed by atoms with E-state index in [1.165, 1.54) is 0 Å². The fourth-order valence-electron chi connectivity index (χ4n) is 2.37. The van der Waals surface area contributed by atoms with E-state index in [1.54, 1.807) is 6.33 Å². The summed E-state index contributed by atoms with van der Waals surface area (Å²) in [5.41, 5.74) is 2.14. The van der Waals surface area contributed by atoms with Gasteiger partial charge in [-0.1, -0.05) is 25.1 Å². The third-order valence-corrected chi connectivity index (χ3v) is 3.30. The molecule has 1 aromatic carbocycles. The fraction of sp³-hybridized carbons (Fsp3) is 0.267. The second kappa shape index (κ2) is 5.28. The number of hydrogen-bond acceptors (Lipinski definition) is 4. The van der Waals surface area contributed by atoms with E-state index in [9.17, 15) is 0 Å². The van der Waals surface area contributed by atoms with Crippen LogP contribution in [0.1, 0.15) is 19.4 Å². The maximum Gasteiger partial charge on any atom is 0.162 e. The van der Waals surface area contributed by atoms with E-state index < -0.39 is 0 Å². The molecule has 0 atom stereocenters. The van der Waals surface area contributed by atoms with E-state index in [2.05, 4.69) is 46.4 Å². The van der Waals surface area contributed by atoms with Gasteiger partial charge in [-0.05, 0) is 19.4 Å². The molecule has 5 nitrogen and oxygen atoms in total. The molecule has 0 spiro atoms. The molecule has 0 saturated heterocycles. The van der Waals surface area contributed by atoms with Gasteiger partial charge in [0.1, 0.15) is 12.1 Å². The quantitative estimate of drug-likeness (QED) is 0.789. The molecule has 1 N–H and O–H groups in total. The summed E-state index contributed by atoms with van der Waals surface area (Å²) in [6.45, 7) is 5.00. The van der Waals surface area contributed by atoms with Crippen LogP contribution in [-0.2, 0) is 6.42 Å². The third-order valence-electron chi connectivity index (χ3n) is 3.30. The first-order valence-electron chi connectivity index (χ1n) is 6.86. The molecule has 3 rings (SSSR count). The van der Waals surface area contributed by atoms with Crippen LogP contribution in [-0.4, -0.2) is 26.3 Å². The number of benzene rings is 1. The number of rotatable bonds is 4. The average molecular weight is 267 g/mol. The highest BCUT2D eigenvalue weighted by Crippen LogP contribution is 2.23. The monoisotopic (exact) mass is 267 g/mol. The van der Waals surface area contributed by atoms with Crippen molar-refractivity contribution in [3.8, 4) is 5.82 Å². The molecule has 0 saturated carbocycles. The molecule has 0 amide bonds. The Bertz CT molecular complexity index is 732. The van der Waals surface area contributed by atoms with Gasteiger partial charge in [-0.2, -0.15) is 5.10 Å². The van der Waals surface area contributed by atoms with Crippen molar-refractivity contribution in [1.29, 1.82) is 0 Å². The Morgan fingerprint density at radius 2 is 2.00 bits per heavy atom. The molecule has 0 aliphatic rings. The first-order chi connectivity index (χ1) is 9.85. The van der Waals surface area contributed by atoms with Gasteiger partial charge in [0, 0.05) is 17.5 Å². The maximum absolute atomic E-state index is 4.47. The van der Waals surface area contributed by atoms with Crippen molar-refractivity contribution in [2.45, 2.75) is 20.3 Å². The first kappa shape index (κ1) is 12.6. The minimum absolute atomic E-state index is 0.837. The van der Waals surface area contributed by atoms with Gasteiger partial charge >= 0.3 is 0 Å². The fourth-order valence-corrected chi connectivity index (χ4v) is 2.37. The van der Waals surface area contributed by atoms with E-state index in [1.807, 2.05) is 23.0 Å². The van der Waals surface area contributed by atoms with Crippen LogP contribution in [0.15, 0.2) is 36.8 Å². The highest BCUT2D eigenvalue weighted by Gasteiger charge is 2.13. The SMILES string of the molecule is CCNc1ncnc(-n2ncc3ccccc32)c1CC. The van der Waals surface area contributed by atoms with Gasteiger partial charge < -0.3 is 5.32 Å². The molecule has 0 radical (unpaired) electrons. The zero-order valence-electron chi connectivity index (χ0n) is 11.7. The lowest BCUT2D eigenvalue weighted by Gasteiger charge is -2.12. The lowest BCUT2D eigenvalue weighted by molar-refractivity contribution is 0.841. The summed E-state index contributed by atoms with van der Waals surface area (Å²) in [5, 5.41) is 8.87. The summed E-state index contributed by atoms with van der Waals surface area (Å²) >= 11 is 0. The van der Waals surface area contributed by atoms with Crippen molar-refractivity contribution in [2.24, 2.45) is 0 Å². The molecular weight excluding hydrogens is 250 g/mol. The van der Waals surface area contributed by atoms with Crippen LogP contribution in [0, 0.1) is 0 Å². The molecule has 0 bridgehead atoms. The number of aromatic nitrogens is 4. The van der Waals surface area contributed by atoms with Crippen LogP contribution in [0.5, 0.6) is 0 Å². The Labute approximate surface area is 117 Å². The maximum atomic E-state index is 4.47. The summed E-state index contributed by atoms with van der Waals surface area (Å²) in [6.07, 6.45) is 4.30. The van der Waals surface area contributed by atoms with E-state index in [0.717, 1.165) is 41.1 Å². The zero-order chi connectivity index (χ0) is 13.9. The van der Waals surface area contributed by atoms with Gasteiger partial charge in [-0.15, -0.1) is 0 Å². The van der Waals surface area contributed by atoms with Gasteiger partial charge in [-0.3, -0.25) is 0 Å². The molecule has 2 heterocycles. The second-order valence-electron chi connectivity index (χ2n) is 4.52. The molecule has 0 fully saturated rings. The molecule has 0 aliphatic heterocycles. The normalized spacial score (nSPS) is 10.9. The molecular formula is C15H17N5. The lowest BCUT2D eigenvalue weighted by atomic mass is 10.2. The Kier molecular flexibility index (Phi) is 3.33. The summed E-state index contributed by atoms with van der Waals surface area (Å²) in [4.78, 5) is 8.76. The molecule has 5 heteroatoms. The van der Waals surface area contributed by atoms with E-state index >= 15 is 0 Å². The molecule has 102 valence electrons. The van der Waals surface area contributed by atoms with Crippen molar-refractivity contribution >= 4 is 16.7 Å². The zero-order valence-corrected chi connectivity index (χ0v) is 11.7. The number of nitrogens with one attached hydrogen (secondary N) is 1. The largest absolute Gasteiger partial charge is 0.370 e. The predicted molar refractivity (Wildman–Crippen MR) is 80.2 cm³/mol. The van der Waals surface area contributed by atoms with Crippen LogP contribution < -0.4 is 5.32 Å². The van der Waals surface area contributed by atoms with E-state index in [0.29, 0.717) is 0 Å². The number of hydrogen-bond donors (Lipinski definition) is 1. The van der Waals surface area contributed by atoms with Crippen LogP contribution in [0.25, 0.3) is 16.7 Å². The van der Waals surface area contributed by atoms with Crippen molar-refractivity contribution in [3.63, 3.8) is 0 Å². The average Bonchev–Trinajstić information content (AvgIpc) is 2.91. The Morgan fingerprint density at radius 1 is 1.15 bits per heavy atom.